The molecule has 0 atom stereocenters. The summed E-state index contributed by atoms with van der Waals surface area (Å²) >= 11 is 0. The first kappa shape index (κ1) is 30.2. The molecule has 1 fully saturated rings. The minimum Gasteiger partial charge on any atom is -0.466 e. The summed E-state index contributed by atoms with van der Waals surface area (Å²) in [6.07, 6.45) is 3.38. The lowest BCUT2D eigenvalue weighted by molar-refractivity contribution is -0.151. The smallest absolute Gasteiger partial charge is 0.309 e. The van der Waals surface area contributed by atoms with Crippen LogP contribution in [0.1, 0.15) is 55.4 Å². The number of esters is 1. The summed E-state index contributed by atoms with van der Waals surface area (Å²) in [4.78, 5) is 26.7. The van der Waals surface area contributed by atoms with Crippen LogP contribution in [0.25, 0.3) is 0 Å². The van der Waals surface area contributed by atoms with Gasteiger partial charge in [-0.25, -0.2) is 12.8 Å². The molecule has 0 aliphatic carbocycles. The van der Waals surface area contributed by atoms with Gasteiger partial charge in [-0.1, -0.05) is 49.7 Å². The van der Waals surface area contributed by atoms with Gasteiger partial charge in [-0.15, -0.1) is 0 Å². The highest BCUT2D eigenvalue weighted by Crippen LogP contribution is 2.25. The third-order valence-corrected chi connectivity index (χ3v) is 8.75. The van der Waals surface area contributed by atoms with E-state index in [1.54, 1.807) is 54.3 Å². The van der Waals surface area contributed by atoms with Gasteiger partial charge in [0.05, 0.1) is 23.8 Å². The van der Waals surface area contributed by atoms with Gasteiger partial charge in [0.15, 0.2) is 0 Å². The summed E-state index contributed by atoms with van der Waals surface area (Å²) < 4.78 is 48.5. The van der Waals surface area contributed by atoms with Crippen LogP contribution < -0.4 is 4.72 Å². The lowest BCUT2D eigenvalue weighted by atomic mass is 9.96. The normalized spacial score (nSPS) is 14.1. The molecule has 0 saturated carbocycles. The second-order valence-corrected chi connectivity index (χ2v) is 12.0. The summed E-state index contributed by atoms with van der Waals surface area (Å²) in [5.41, 5.74) is 3.46. The average Bonchev–Trinajstić information content (AvgIpc) is 2.94. The van der Waals surface area contributed by atoms with E-state index in [1.807, 2.05) is 12.1 Å². The quantitative estimate of drug-likeness (QED) is 0.302. The number of carbonyl (C=O) groups is 2. The Bertz CT molecular complexity index is 1470. The number of nitrogens with one attached hydrogen (secondary N) is 1. The molecule has 0 bridgehead atoms. The summed E-state index contributed by atoms with van der Waals surface area (Å²) in [5, 5.41) is 0. The van der Waals surface area contributed by atoms with Crippen LogP contribution in [0.15, 0.2) is 71.6 Å². The van der Waals surface area contributed by atoms with Crippen LogP contribution >= 0.6 is 0 Å². The second-order valence-electron chi connectivity index (χ2n) is 10.4. The molecule has 1 heterocycles. The van der Waals surface area contributed by atoms with Gasteiger partial charge in [0.1, 0.15) is 5.82 Å². The number of aryl methyl sites for hydroxylation is 1. The number of rotatable bonds is 11. The number of halogens is 1. The minimum atomic E-state index is -3.93. The van der Waals surface area contributed by atoms with Crippen molar-refractivity contribution >= 4 is 27.6 Å². The van der Waals surface area contributed by atoms with Crippen LogP contribution in [0.3, 0.4) is 0 Å². The largest absolute Gasteiger partial charge is 0.466 e. The van der Waals surface area contributed by atoms with E-state index in [9.17, 15) is 22.4 Å². The maximum absolute atomic E-state index is 13.8. The van der Waals surface area contributed by atoms with Gasteiger partial charge in [0.2, 0.25) is 5.91 Å². The number of sulfonamides is 1. The van der Waals surface area contributed by atoms with Gasteiger partial charge in [0, 0.05) is 18.8 Å². The first-order chi connectivity index (χ1) is 19.7. The molecule has 1 amide bonds. The summed E-state index contributed by atoms with van der Waals surface area (Å²) in [6.45, 7) is 5.21. The topological polar surface area (TPSA) is 92.8 Å². The predicted octanol–water partition coefficient (Wildman–Crippen LogP) is 5.51. The Morgan fingerprint density at radius 2 is 1.66 bits per heavy atom. The molecule has 0 spiro atoms. The number of nitrogens with zero attached hydrogens (tertiary/aromatic N) is 1. The molecule has 0 radical (unpaired) electrons. The molecule has 0 unspecified atom stereocenters. The zero-order chi connectivity index (χ0) is 29.4. The molecule has 218 valence electrons. The third-order valence-electron chi connectivity index (χ3n) is 7.27. The first-order valence-electron chi connectivity index (χ1n) is 14.1. The number of anilines is 1. The number of likely N-dealkylation sites (tertiary alicyclic amines) is 1. The Balaban J connectivity index is 1.42. The maximum Gasteiger partial charge on any atom is 0.309 e. The van der Waals surface area contributed by atoms with Crippen LogP contribution in [0, 0.1) is 11.7 Å². The fourth-order valence-corrected chi connectivity index (χ4v) is 6.44. The number of amides is 1. The summed E-state index contributed by atoms with van der Waals surface area (Å²) in [7, 11) is -3.93. The molecule has 1 N–H and O–H groups in total. The number of benzene rings is 3. The number of hydrogen-bond acceptors (Lipinski definition) is 5. The highest BCUT2D eigenvalue weighted by atomic mass is 32.2. The number of hydrogen-bond donors (Lipinski definition) is 1. The molecule has 41 heavy (non-hydrogen) atoms. The monoisotopic (exact) mass is 580 g/mol. The van der Waals surface area contributed by atoms with Crippen LogP contribution in [-0.4, -0.2) is 44.9 Å². The Kier molecular flexibility index (Phi) is 10.2. The van der Waals surface area contributed by atoms with E-state index in [1.165, 1.54) is 12.1 Å². The maximum atomic E-state index is 13.8. The first-order valence-corrected chi connectivity index (χ1v) is 15.6. The molecule has 9 heteroatoms. The van der Waals surface area contributed by atoms with Crippen molar-refractivity contribution in [1.82, 2.24) is 4.90 Å². The lowest BCUT2D eigenvalue weighted by Crippen LogP contribution is -2.41. The highest BCUT2D eigenvalue weighted by Gasteiger charge is 2.28. The Morgan fingerprint density at radius 3 is 2.32 bits per heavy atom. The molecule has 1 saturated heterocycles. The summed E-state index contributed by atoms with van der Waals surface area (Å²) in [6, 6.07) is 18.2. The van der Waals surface area contributed by atoms with Gasteiger partial charge in [-0.3, -0.25) is 14.3 Å². The zero-order valence-corrected chi connectivity index (χ0v) is 24.4. The standard InChI is InChI=1S/C32H37FN2O5S/c1-3-6-23-11-14-30(27(19-23)20-25-7-5-8-28(33)21-25)41(38,39)34-29-12-9-24(10-13-29)22-31(36)35-17-15-26(16-18-35)32(37)40-4-2/h5,7-14,19,21,26,34H,3-4,6,15-18,20,22H2,1-2H3. The molecular weight excluding hydrogens is 543 g/mol. The van der Waals surface area contributed by atoms with Gasteiger partial charge >= 0.3 is 5.97 Å². The van der Waals surface area contributed by atoms with Crippen molar-refractivity contribution in [3.05, 3.63) is 94.8 Å². The van der Waals surface area contributed by atoms with Crippen molar-refractivity contribution in [2.24, 2.45) is 5.92 Å². The van der Waals surface area contributed by atoms with Crippen molar-refractivity contribution in [1.29, 1.82) is 0 Å². The fourth-order valence-electron chi connectivity index (χ4n) is 5.16. The van der Waals surface area contributed by atoms with E-state index >= 15 is 0 Å². The van der Waals surface area contributed by atoms with Gasteiger partial charge in [-0.05, 0) is 85.2 Å². The average molecular weight is 581 g/mol. The molecule has 7 nitrogen and oxygen atoms in total. The van der Waals surface area contributed by atoms with E-state index in [2.05, 4.69) is 11.6 Å². The van der Waals surface area contributed by atoms with E-state index in [0.29, 0.717) is 49.4 Å². The Hall–Kier alpha value is -3.72. The van der Waals surface area contributed by atoms with Crippen molar-refractivity contribution in [2.75, 3.05) is 24.4 Å². The highest BCUT2D eigenvalue weighted by molar-refractivity contribution is 7.92. The third kappa shape index (κ3) is 8.16. The van der Waals surface area contributed by atoms with E-state index in [-0.39, 0.29) is 41.3 Å². The van der Waals surface area contributed by atoms with Gasteiger partial charge < -0.3 is 9.64 Å². The number of carbonyl (C=O) groups excluding carboxylic acids is 2. The van der Waals surface area contributed by atoms with E-state index in [4.69, 9.17) is 4.74 Å². The van der Waals surface area contributed by atoms with Crippen LogP contribution in [0.2, 0.25) is 0 Å². The second kappa shape index (κ2) is 13.8. The predicted molar refractivity (Wildman–Crippen MR) is 157 cm³/mol. The minimum absolute atomic E-state index is 0.0326. The number of piperidine rings is 1. The van der Waals surface area contributed by atoms with Crippen molar-refractivity contribution in [3.63, 3.8) is 0 Å². The van der Waals surface area contributed by atoms with E-state index < -0.39 is 10.0 Å². The molecule has 1 aliphatic heterocycles. The number of ether oxygens (including phenoxy) is 1. The lowest BCUT2D eigenvalue weighted by Gasteiger charge is -2.31. The van der Waals surface area contributed by atoms with Crippen molar-refractivity contribution in [2.45, 2.75) is 57.3 Å². The van der Waals surface area contributed by atoms with Gasteiger partial charge in [0.25, 0.3) is 10.0 Å². The molecule has 4 rings (SSSR count). The van der Waals surface area contributed by atoms with Gasteiger partial charge in [-0.2, -0.15) is 0 Å². The van der Waals surface area contributed by atoms with Crippen LogP contribution in [0.5, 0.6) is 0 Å². The zero-order valence-electron chi connectivity index (χ0n) is 23.6. The summed E-state index contributed by atoms with van der Waals surface area (Å²) in [5.74, 6) is -0.761. The molecule has 0 aromatic heterocycles. The van der Waals surface area contributed by atoms with Crippen LogP contribution in [0.4, 0.5) is 10.1 Å². The Labute approximate surface area is 241 Å². The fraction of sp³-hybridized carbons (Fsp3) is 0.375. The molecule has 3 aromatic rings. The van der Waals surface area contributed by atoms with Crippen molar-refractivity contribution < 1.29 is 27.1 Å². The van der Waals surface area contributed by atoms with Crippen molar-refractivity contribution in [3.8, 4) is 0 Å². The van der Waals surface area contributed by atoms with Crippen LogP contribution in [-0.2, 0) is 43.6 Å². The Morgan fingerprint density at radius 1 is 0.951 bits per heavy atom. The molecule has 1 aliphatic rings. The van der Waals surface area contributed by atoms with E-state index in [0.717, 1.165) is 24.0 Å². The SMILES string of the molecule is CCCc1ccc(S(=O)(=O)Nc2ccc(CC(=O)N3CCC(C(=O)OCC)CC3)cc2)c(Cc2cccc(F)c2)c1. The molecular formula is C32H37FN2O5S. The molecule has 3 aromatic carbocycles.